The van der Waals surface area contributed by atoms with E-state index in [2.05, 4.69) is 33.2 Å². The van der Waals surface area contributed by atoms with Crippen LogP contribution >= 0.6 is 15.9 Å². The zero-order valence-corrected chi connectivity index (χ0v) is 13.7. The first-order valence-corrected chi connectivity index (χ1v) is 8.07. The van der Waals surface area contributed by atoms with Crippen LogP contribution in [0.15, 0.2) is 16.7 Å². The van der Waals surface area contributed by atoms with E-state index in [4.69, 9.17) is 0 Å². The first-order chi connectivity index (χ1) is 9.65. The summed E-state index contributed by atoms with van der Waals surface area (Å²) in [6.07, 6.45) is 6.46. The summed E-state index contributed by atoms with van der Waals surface area (Å²) in [5, 5.41) is 2.99. The Morgan fingerprint density at radius 3 is 2.80 bits per heavy atom. The fraction of sp³-hybridized carbons (Fsp3) is 0.600. The summed E-state index contributed by atoms with van der Waals surface area (Å²) in [6, 6.07) is 1.85. The van der Waals surface area contributed by atoms with Crippen LogP contribution in [0.4, 0.5) is 5.82 Å². The first-order valence-electron chi connectivity index (χ1n) is 7.28. The molecule has 0 unspecified atom stereocenters. The van der Waals surface area contributed by atoms with E-state index in [1.54, 1.807) is 13.2 Å². The van der Waals surface area contributed by atoms with Crippen molar-refractivity contribution in [2.45, 2.75) is 32.6 Å². The highest BCUT2D eigenvalue weighted by atomic mass is 79.9. The van der Waals surface area contributed by atoms with Gasteiger partial charge in [0.1, 0.15) is 5.82 Å². The molecule has 4 nitrogen and oxygen atoms in total. The smallest absolute Gasteiger partial charge is 0.257 e. The summed E-state index contributed by atoms with van der Waals surface area (Å²) in [5.41, 5.74) is 0.649. The lowest BCUT2D eigenvalue weighted by molar-refractivity contribution is 0.0687. The summed E-state index contributed by atoms with van der Waals surface area (Å²) >= 11 is 3.39. The second kappa shape index (κ2) is 7.07. The molecule has 1 aromatic heterocycles. The van der Waals surface area contributed by atoms with Crippen molar-refractivity contribution in [3.05, 3.63) is 22.3 Å². The van der Waals surface area contributed by atoms with Gasteiger partial charge in [0.05, 0.1) is 5.56 Å². The Balaban J connectivity index is 2.07. The number of piperidine rings is 1. The van der Waals surface area contributed by atoms with Crippen molar-refractivity contribution in [1.29, 1.82) is 0 Å². The van der Waals surface area contributed by atoms with Crippen LogP contribution < -0.4 is 5.32 Å². The predicted molar refractivity (Wildman–Crippen MR) is 85.0 cm³/mol. The molecule has 2 rings (SSSR count). The minimum absolute atomic E-state index is 0.0816. The Kier molecular flexibility index (Phi) is 5.40. The molecule has 0 aliphatic carbocycles. The van der Waals surface area contributed by atoms with Gasteiger partial charge in [-0.05, 0) is 40.8 Å². The molecule has 1 fully saturated rings. The van der Waals surface area contributed by atoms with E-state index in [1.807, 2.05) is 11.0 Å². The highest BCUT2D eigenvalue weighted by Gasteiger charge is 2.25. The molecule has 0 aromatic carbocycles. The maximum atomic E-state index is 12.6. The lowest BCUT2D eigenvalue weighted by atomic mass is 9.92. The van der Waals surface area contributed by atoms with Crippen molar-refractivity contribution in [3.63, 3.8) is 0 Å². The summed E-state index contributed by atoms with van der Waals surface area (Å²) in [7, 11) is 1.79. The van der Waals surface area contributed by atoms with Crippen LogP contribution in [0.5, 0.6) is 0 Å². The monoisotopic (exact) mass is 339 g/mol. The number of rotatable bonds is 4. The molecule has 1 N–H and O–H groups in total. The number of hydrogen-bond donors (Lipinski definition) is 1. The van der Waals surface area contributed by atoms with Gasteiger partial charge in [-0.25, -0.2) is 4.98 Å². The molecule has 1 saturated heterocycles. The number of halogens is 1. The largest absolute Gasteiger partial charge is 0.372 e. The van der Waals surface area contributed by atoms with Crippen LogP contribution in [0.25, 0.3) is 0 Å². The number of pyridine rings is 1. The quantitative estimate of drug-likeness (QED) is 0.912. The van der Waals surface area contributed by atoms with Crippen molar-refractivity contribution in [1.82, 2.24) is 9.88 Å². The molecule has 0 spiro atoms. The summed E-state index contributed by atoms with van der Waals surface area (Å²) < 4.78 is 0.834. The SMILES string of the molecule is CCCC1CCN(C(=O)c2cc(Br)cnc2NC)CC1. The zero-order valence-electron chi connectivity index (χ0n) is 12.2. The Morgan fingerprint density at radius 2 is 2.20 bits per heavy atom. The molecule has 1 aliphatic heterocycles. The average molecular weight is 340 g/mol. The highest BCUT2D eigenvalue weighted by molar-refractivity contribution is 9.10. The second-order valence-corrected chi connectivity index (χ2v) is 6.24. The molecule has 1 amide bonds. The van der Waals surface area contributed by atoms with Crippen LogP contribution in [-0.4, -0.2) is 35.9 Å². The fourth-order valence-electron chi connectivity index (χ4n) is 2.80. The van der Waals surface area contributed by atoms with Gasteiger partial charge in [0.15, 0.2) is 0 Å². The standard InChI is InChI=1S/C15H22BrN3O/c1-3-4-11-5-7-19(8-6-11)15(20)13-9-12(16)10-18-14(13)17-2/h9-11H,3-8H2,1-2H3,(H,17,18). The number of hydrogen-bond acceptors (Lipinski definition) is 3. The number of nitrogens with zero attached hydrogens (tertiary/aromatic N) is 2. The van der Waals surface area contributed by atoms with Gasteiger partial charge < -0.3 is 10.2 Å². The summed E-state index contributed by atoms with van der Waals surface area (Å²) in [4.78, 5) is 18.8. The van der Waals surface area contributed by atoms with Crippen LogP contribution in [0, 0.1) is 5.92 Å². The summed E-state index contributed by atoms with van der Waals surface area (Å²) in [6.45, 7) is 3.95. The highest BCUT2D eigenvalue weighted by Crippen LogP contribution is 2.25. The fourth-order valence-corrected chi connectivity index (χ4v) is 3.14. The third kappa shape index (κ3) is 3.51. The minimum atomic E-state index is 0.0816. The molecular weight excluding hydrogens is 318 g/mol. The number of amides is 1. The lowest BCUT2D eigenvalue weighted by Gasteiger charge is -2.32. The van der Waals surface area contributed by atoms with E-state index in [-0.39, 0.29) is 5.91 Å². The molecule has 5 heteroatoms. The van der Waals surface area contributed by atoms with Crippen molar-refractivity contribution >= 4 is 27.7 Å². The summed E-state index contributed by atoms with van der Waals surface area (Å²) in [5.74, 6) is 1.51. The third-order valence-electron chi connectivity index (χ3n) is 3.92. The number of carbonyl (C=O) groups is 1. The number of carbonyl (C=O) groups excluding carboxylic acids is 1. The van der Waals surface area contributed by atoms with Crippen molar-refractivity contribution in [2.24, 2.45) is 5.92 Å². The van der Waals surface area contributed by atoms with Gasteiger partial charge in [-0.1, -0.05) is 19.8 Å². The Morgan fingerprint density at radius 1 is 1.50 bits per heavy atom. The van der Waals surface area contributed by atoms with Crippen LogP contribution in [0.3, 0.4) is 0 Å². The Bertz CT molecular complexity index is 470. The van der Waals surface area contributed by atoms with Gasteiger partial charge in [0.25, 0.3) is 5.91 Å². The molecule has 20 heavy (non-hydrogen) atoms. The molecule has 0 bridgehead atoms. The Labute approximate surface area is 129 Å². The number of nitrogens with one attached hydrogen (secondary N) is 1. The van der Waals surface area contributed by atoms with E-state index >= 15 is 0 Å². The van der Waals surface area contributed by atoms with Crippen LogP contribution in [0.2, 0.25) is 0 Å². The average Bonchev–Trinajstić information content (AvgIpc) is 2.47. The van der Waals surface area contributed by atoms with Crippen molar-refractivity contribution in [2.75, 3.05) is 25.5 Å². The molecule has 0 radical (unpaired) electrons. The number of aromatic nitrogens is 1. The molecule has 1 aliphatic rings. The molecule has 110 valence electrons. The van der Waals surface area contributed by atoms with E-state index in [1.165, 1.54) is 12.8 Å². The molecule has 0 atom stereocenters. The van der Waals surface area contributed by atoms with Gasteiger partial charge >= 0.3 is 0 Å². The predicted octanol–water partition coefficient (Wildman–Crippen LogP) is 3.54. The Hall–Kier alpha value is -1.10. The van der Waals surface area contributed by atoms with Gasteiger partial charge in [0.2, 0.25) is 0 Å². The molecule has 1 aromatic rings. The third-order valence-corrected chi connectivity index (χ3v) is 4.35. The van der Waals surface area contributed by atoms with E-state index in [0.717, 1.165) is 36.3 Å². The van der Waals surface area contributed by atoms with Gasteiger partial charge in [-0.2, -0.15) is 0 Å². The lowest BCUT2D eigenvalue weighted by Crippen LogP contribution is -2.38. The first kappa shape index (κ1) is 15.3. The van der Waals surface area contributed by atoms with E-state index < -0.39 is 0 Å². The van der Waals surface area contributed by atoms with Gasteiger partial charge in [-0.3, -0.25) is 4.79 Å². The van der Waals surface area contributed by atoms with Crippen molar-refractivity contribution < 1.29 is 4.79 Å². The maximum absolute atomic E-state index is 12.6. The van der Waals surface area contributed by atoms with E-state index in [0.29, 0.717) is 11.4 Å². The minimum Gasteiger partial charge on any atom is -0.372 e. The molecular formula is C15H22BrN3O. The van der Waals surface area contributed by atoms with Crippen LogP contribution in [0.1, 0.15) is 43.0 Å². The van der Waals surface area contributed by atoms with Crippen LogP contribution in [-0.2, 0) is 0 Å². The topological polar surface area (TPSA) is 45.2 Å². The van der Waals surface area contributed by atoms with Crippen molar-refractivity contribution in [3.8, 4) is 0 Å². The maximum Gasteiger partial charge on any atom is 0.257 e. The van der Waals surface area contributed by atoms with Gasteiger partial charge in [0, 0.05) is 30.8 Å². The number of anilines is 1. The zero-order chi connectivity index (χ0) is 14.5. The second-order valence-electron chi connectivity index (χ2n) is 5.32. The molecule has 2 heterocycles. The normalized spacial score (nSPS) is 16.2. The number of likely N-dealkylation sites (tertiary alicyclic amines) is 1. The molecule has 0 saturated carbocycles. The van der Waals surface area contributed by atoms with Gasteiger partial charge in [-0.15, -0.1) is 0 Å². The van der Waals surface area contributed by atoms with E-state index in [9.17, 15) is 4.79 Å².